The first-order valence-electron chi connectivity index (χ1n) is 11.0. The molecular weight excluding hydrogens is 392 g/mol. The molecule has 2 aliphatic heterocycles. The Hall–Kier alpha value is -3.00. The highest BCUT2D eigenvalue weighted by molar-refractivity contribution is 5.93. The van der Waals surface area contributed by atoms with E-state index in [0.717, 1.165) is 55.8 Å². The standard InChI is InChI=1S/C23H30N6O2/c24-22(30)18-6-3-11-28(15-18)14-17-5-1-2-8-20(17)27-23(31)19-7-4-12-29(16-19)21-13-25-9-10-26-21/h1-2,5,8-10,13,18-19H,3-4,6-7,11-12,14-16H2,(H2,24,30)(H,27,31). The van der Waals surface area contributed by atoms with Crippen molar-refractivity contribution in [3.05, 3.63) is 48.4 Å². The van der Waals surface area contributed by atoms with Crippen LogP contribution in [0.5, 0.6) is 0 Å². The normalized spacial score (nSPS) is 22.1. The summed E-state index contributed by atoms with van der Waals surface area (Å²) in [7, 11) is 0. The van der Waals surface area contributed by atoms with Crippen molar-refractivity contribution in [2.24, 2.45) is 17.6 Å². The molecule has 1 aromatic carbocycles. The van der Waals surface area contributed by atoms with Crippen molar-refractivity contribution in [1.82, 2.24) is 14.9 Å². The van der Waals surface area contributed by atoms with Gasteiger partial charge in [-0.3, -0.25) is 19.5 Å². The molecule has 31 heavy (non-hydrogen) atoms. The molecule has 2 fully saturated rings. The van der Waals surface area contributed by atoms with Gasteiger partial charge in [-0.1, -0.05) is 18.2 Å². The van der Waals surface area contributed by atoms with Crippen LogP contribution in [0.1, 0.15) is 31.2 Å². The molecule has 2 unspecified atom stereocenters. The summed E-state index contributed by atoms with van der Waals surface area (Å²) in [4.78, 5) is 37.6. The lowest BCUT2D eigenvalue weighted by molar-refractivity contribution is -0.123. The number of carbonyl (C=O) groups is 2. The Labute approximate surface area is 182 Å². The first-order valence-corrected chi connectivity index (χ1v) is 11.0. The van der Waals surface area contributed by atoms with Gasteiger partial charge >= 0.3 is 0 Å². The minimum atomic E-state index is -0.226. The largest absolute Gasteiger partial charge is 0.369 e. The molecule has 0 spiro atoms. The first kappa shape index (κ1) is 21.2. The summed E-state index contributed by atoms with van der Waals surface area (Å²) < 4.78 is 0. The van der Waals surface area contributed by atoms with Gasteiger partial charge in [0.2, 0.25) is 11.8 Å². The van der Waals surface area contributed by atoms with Crippen LogP contribution in [-0.2, 0) is 16.1 Å². The maximum absolute atomic E-state index is 13.1. The topological polar surface area (TPSA) is 104 Å². The number of para-hydroxylation sites is 1. The number of nitrogens with zero attached hydrogens (tertiary/aromatic N) is 4. The number of primary amides is 1. The van der Waals surface area contributed by atoms with Gasteiger partial charge in [-0.2, -0.15) is 0 Å². The van der Waals surface area contributed by atoms with E-state index < -0.39 is 0 Å². The number of amides is 2. The van der Waals surface area contributed by atoms with E-state index in [0.29, 0.717) is 19.6 Å². The molecule has 2 saturated heterocycles. The monoisotopic (exact) mass is 422 g/mol. The van der Waals surface area contributed by atoms with Gasteiger partial charge in [0, 0.05) is 44.3 Å². The van der Waals surface area contributed by atoms with E-state index in [1.54, 1.807) is 18.6 Å². The van der Waals surface area contributed by atoms with Crippen LogP contribution in [0, 0.1) is 11.8 Å². The second-order valence-corrected chi connectivity index (χ2v) is 8.47. The van der Waals surface area contributed by atoms with Gasteiger partial charge in [0.05, 0.1) is 18.0 Å². The summed E-state index contributed by atoms with van der Waals surface area (Å²) in [6.45, 7) is 3.82. The van der Waals surface area contributed by atoms with E-state index in [9.17, 15) is 9.59 Å². The zero-order valence-corrected chi connectivity index (χ0v) is 17.7. The highest BCUT2D eigenvalue weighted by Crippen LogP contribution is 2.25. The van der Waals surface area contributed by atoms with Crippen molar-refractivity contribution in [3.63, 3.8) is 0 Å². The summed E-state index contributed by atoms with van der Waals surface area (Å²) in [6, 6.07) is 7.91. The van der Waals surface area contributed by atoms with Crippen LogP contribution in [0.15, 0.2) is 42.9 Å². The van der Waals surface area contributed by atoms with E-state index in [1.807, 2.05) is 24.3 Å². The van der Waals surface area contributed by atoms with Gasteiger partial charge in [-0.05, 0) is 43.9 Å². The Balaban J connectivity index is 1.40. The van der Waals surface area contributed by atoms with E-state index >= 15 is 0 Å². The molecule has 0 saturated carbocycles. The van der Waals surface area contributed by atoms with Crippen molar-refractivity contribution < 1.29 is 9.59 Å². The minimum absolute atomic E-state index is 0.0368. The number of nitrogens with two attached hydrogens (primary N) is 1. The molecule has 8 nitrogen and oxygen atoms in total. The number of carbonyl (C=O) groups excluding carboxylic acids is 2. The van der Waals surface area contributed by atoms with Crippen molar-refractivity contribution in [2.75, 3.05) is 36.4 Å². The smallest absolute Gasteiger partial charge is 0.229 e. The average Bonchev–Trinajstić information content (AvgIpc) is 2.81. The molecule has 2 amide bonds. The molecule has 3 N–H and O–H groups in total. The maximum atomic E-state index is 13.1. The average molecular weight is 423 g/mol. The van der Waals surface area contributed by atoms with Crippen molar-refractivity contribution in [2.45, 2.75) is 32.2 Å². The molecule has 2 aliphatic rings. The quantitative estimate of drug-likeness (QED) is 0.738. The number of likely N-dealkylation sites (tertiary alicyclic amines) is 1. The van der Waals surface area contributed by atoms with Crippen LogP contribution in [0.3, 0.4) is 0 Å². The predicted molar refractivity (Wildman–Crippen MR) is 119 cm³/mol. The summed E-state index contributed by atoms with van der Waals surface area (Å²) in [5.41, 5.74) is 7.42. The third-order valence-electron chi connectivity index (χ3n) is 6.24. The fraction of sp³-hybridized carbons (Fsp3) is 0.478. The van der Waals surface area contributed by atoms with Crippen LogP contribution < -0.4 is 16.0 Å². The SMILES string of the molecule is NC(=O)C1CCCN(Cc2ccccc2NC(=O)C2CCCN(c3cnccn3)C2)C1. The Morgan fingerprint density at radius 2 is 1.87 bits per heavy atom. The summed E-state index contributed by atoms with van der Waals surface area (Å²) in [5.74, 6) is 0.434. The molecule has 0 radical (unpaired) electrons. The fourth-order valence-electron chi connectivity index (χ4n) is 4.54. The maximum Gasteiger partial charge on any atom is 0.229 e. The molecule has 0 aliphatic carbocycles. The van der Waals surface area contributed by atoms with Crippen LogP contribution in [-0.4, -0.2) is 52.9 Å². The third kappa shape index (κ3) is 5.38. The zero-order chi connectivity index (χ0) is 21.6. The Morgan fingerprint density at radius 3 is 2.68 bits per heavy atom. The van der Waals surface area contributed by atoms with E-state index in [2.05, 4.69) is 25.1 Å². The number of hydrogen-bond donors (Lipinski definition) is 2. The molecule has 164 valence electrons. The number of benzene rings is 1. The zero-order valence-electron chi connectivity index (χ0n) is 17.7. The summed E-state index contributed by atoms with van der Waals surface area (Å²) >= 11 is 0. The molecule has 0 bridgehead atoms. The Morgan fingerprint density at radius 1 is 1.06 bits per heavy atom. The molecule has 4 rings (SSSR count). The van der Waals surface area contributed by atoms with E-state index in [-0.39, 0.29) is 23.7 Å². The number of aromatic nitrogens is 2. The number of nitrogens with one attached hydrogen (secondary N) is 1. The Bertz CT molecular complexity index is 906. The predicted octanol–water partition coefficient (Wildman–Crippen LogP) is 2.03. The highest BCUT2D eigenvalue weighted by atomic mass is 16.2. The molecule has 3 heterocycles. The molecule has 2 atom stereocenters. The van der Waals surface area contributed by atoms with Gasteiger partial charge < -0.3 is 16.0 Å². The third-order valence-corrected chi connectivity index (χ3v) is 6.24. The van der Waals surface area contributed by atoms with Crippen LogP contribution in [0.2, 0.25) is 0 Å². The Kier molecular flexibility index (Phi) is 6.76. The van der Waals surface area contributed by atoms with E-state index in [1.165, 1.54) is 0 Å². The number of hydrogen-bond acceptors (Lipinski definition) is 6. The van der Waals surface area contributed by atoms with Gasteiger partial charge in [-0.25, -0.2) is 4.98 Å². The second kappa shape index (κ2) is 9.87. The highest BCUT2D eigenvalue weighted by Gasteiger charge is 2.28. The van der Waals surface area contributed by atoms with E-state index in [4.69, 9.17) is 5.73 Å². The van der Waals surface area contributed by atoms with Gasteiger partial charge in [-0.15, -0.1) is 0 Å². The number of anilines is 2. The molecule has 8 heteroatoms. The second-order valence-electron chi connectivity index (χ2n) is 8.47. The number of piperidine rings is 2. The minimum Gasteiger partial charge on any atom is -0.369 e. The van der Waals surface area contributed by atoms with Gasteiger partial charge in [0.15, 0.2) is 0 Å². The lowest BCUT2D eigenvalue weighted by atomic mass is 9.96. The molecule has 2 aromatic rings. The summed E-state index contributed by atoms with van der Waals surface area (Å²) in [6.07, 6.45) is 8.70. The van der Waals surface area contributed by atoms with Crippen molar-refractivity contribution >= 4 is 23.3 Å². The van der Waals surface area contributed by atoms with Crippen molar-refractivity contribution in [1.29, 1.82) is 0 Å². The van der Waals surface area contributed by atoms with Gasteiger partial charge in [0.1, 0.15) is 5.82 Å². The van der Waals surface area contributed by atoms with Crippen LogP contribution in [0.4, 0.5) is 11.5 Å². The van der Waals surface area contributed by atoms with Crippen molar-refractivity contribution in [3.8, 4) is 0 Å². The fourth-order valence-corrected chi connectivity index (χ4v) is 4.54. The summed E-state index contributed by atoms with van der Waals surface area (Å²) in [5, 5.41) is 3.16. The lowest BCUT2D eigenvalue weighted by Crippen LogP contribution is -2.41. The lowest BCUT2D eigenvalue weighted by Gasteiger charge is -2.33. The molecule has 1 aromatic heterocycles. The van der Waals surface area contributed by atoms with Gasteiger partial charge in [0.25, 0.3) is 0 Å². The first-order chi connectivity index (χ1) is 15.1. The van der Waals surface area contributed by atoms with Crippen LogP contribution >= 0.6 is 0 Å². The molecular formula is C23H30N6O2. The number of rotatable bonds is 6. The van der Waals surface area contributed by atoms with Crippen LogP contribution in [0.25, 0.3) is 0 Å².